The van der Waals surface area contributed by atoms with E-state index in [1.807, 2.05) is 0 Å². The topological polar surface area (TPSA) is 6.48 Å². The smallest absolute Gasteiger partial charge is 0.101 e. The fraction of sp³-hybridized carbons (Fsp3) is 0.956. The van der Waals surface area contributed by atoms with E-state index in [2.05, 4.69) is 43.0 Å². The Morgan fingerprint density at radius 2 is 0.489 bits per heavy atom. The summed E-state index contributed by atoms with van der Waals surface area (Å²) in [6.07, 6.45) is 58.9. The summed E-state index contributed by atoms with van der Waals surface area (Å²) in [5.74, 6) is 0. The first-order chi connectivity index (χ1) is 23.3. The molecule has 1 aliphatic heterocycles. The molecule has 47 heavy (non-hydrogen) atoms. The average molecular weight is 659 g/mol. The number of hydrogen-bond donors (Lipinski definition) is 0. The third-order valence-corrected chi connectivity index (χ3v) is 11.1. The molecule has 1 aliphatic rings. The maximum atomic E-state index is 2.73. The Balaban J connectivity index is 2.20. The fourth-order valence-corrected chi connectivity index (χ4v) is 7.78. The van der Waals surface area contributed by atoms with Gasteiger partial charge in [0.1, 0.15) is 6.17 Å². The van der Waals surface area contributed by atoms with Crippen molar-refractivity contribution in [3.05, 3.63) is 12.4 Å². The van der Waals surface area contributed by atoms with Crippen LogP contribution in [-0.2, 0) is 0 Å². The summed E-state index contributed by atoms with van der Waals surface area (Å²) in [5.41, 5.74) is 0. The van der Waals surface area contributed by atoms with Gasteiger partial charge in [-0.2, -0.15) is 0 Å². The van der Waals surface area contributed by atoms with Gasteiger partial charge in [-0.25, -0.2) is 0 Å². The maximum absolute atomic E-state index is 2.73. The first-order valence-electron chi connectivity index (χ1n) is 22.5. The molecule has 1 rings (SSSR count). The lowest BCUT2D eigenvalue weighted by molar-refractivity contribution is 0.135. The normalized spacial score (nSPS) is 14.7. The molecule has 0 aromatic rings. The first-order valence-corrected chi connectivity index (χ1v) is 22.5. The molecule has 0 amide bonds. The van der Waals surface area contributed by atoms with E-state index >= 15 is 0 Å². The number of nitrogens with zero attached hydrogens (tertiary/aromatic N) is 2. The standard InChI is InChI=1S/C45H90N2/c1-4-7-10-13-16-19-22-23-24-25-27-30-33-36-39-42-47-44-43-46(41-38-35-32-29-21-18-15-12-9-6-3)45(47)40-37-34-31-28-26-20-17-14-11-8-5-2/h43-45H,4-42H2,1-3H3. The van der Waals surface area contributed by atoms with E-state index in [9.17, 15) is 0 Å². The largest absolute Gasteiger partial charge is 0.356 e. The number of hydrogen-bond acceptors (Lipinski definition) is 2. The van der Waals surface area contributed by atoms with Crippen molar-refractivity contribution in [3.8, 4) is 0 Å². The highest BCUT2D eigenvalue weighted by Crippen LogP contribution is 2.24. The minimum Gasteiger partial charge on any atom is -0.356 e. The Hall–Kier alpha value is -0.660. The summed E-state index contributed by atoms with van der Waals surface area (Å²) in [4.78, 5) is 5.46. The Morgan fingerprint density at radius 1 is 0.277 bits per heavy atom. The van der Waals surface area contributed by atoms with Crippen LogP contribution in [0.15, 0.2) is 12.4 Å². The Labute approximate surface area is 299 Å². The van der Waals surface area contributed by atoms with Gasteiger partial charge < -0.3 is 9.80 Å². The highest BCUT2D eigenvalue weighted by Gasteiger charge is 2.24. The van der Waals surface area contributed by atoms with Crippen LogP contribution in [0.4, 0.5) is 0 Å². The molecule has 2 heteroatoms. The fourth-order valence-electron chi connectivity index (χ4n) is 7.78. The van der Waals surface area contributed by atoms with Crippen LogP contribution in [0.3, 0.4) is 0 Å². The van der Waals surface area contributed by atoms with Gasteiger partial charge in [-0.05, 0) is 25.7 Å². The highest BCUT2D eigenvalue weighted by atomic mass is 15.4. The molecular weight excluding hydrogens is 569 g/mol. The molecule has 1 atom stereocenters. The van der Waals surface area contributed by atoms with Crippen molar-refractivity contribution < 1.29 is 0 Å². The molecule has 0 fully saturated rings. The van der Waals surface area contributed by atoms with Gasteiger partial charge in [0.2, 0.25) is 0 Å². The molecule has 1 unspecified atom stereocenters. The Morgan fingerprint density at radius 3 is 0.745 bits per heavy atom. The lowest BCUT2D eigenvalue weighted by Crippen LogP contribution is -2.39. The van der Waals surface area contributed by atoms with Crippen LogP contribution >= 0.6 is 0 Å². The van der Waals surface area contributed by atoms with Crippen molar-refractivity contribution in [1.29, 1.82) is 0 Å². The molecule has 0 saturated carbocycles. The van der Waals surface area contributed by atoms with Gasteiger partial charge >= 0.3 is 0 Å². The SMILES string of the molecule is CCCCCCCCCCCCCCCCCN1C=CN(CCCCCCCCCCCC)C1CCCCCCCCCCCCC. The molecule has 0 spiro atoms. The molecule has 1 heterocycles. The molecule has 0 aromatic heterocycles. The summed E-state index contributed by atoms with van der Waals surface area (Å²) in [6, 6.07) is 0. The third-order valence-electron chi connectivity index (χ3n) is 11.1. The quantitative estimate of drug-likeness (QED) is 0.0606. The third kappa shape index (κ3) is 28.8. The molecule has 0 radical (unpaired) electrons. The van der Waals surface area contributed by atoms with Crippen LogP contribution in [0, 0.1) is 0 Å². The van der Waals surface area contributed by atoms with E-state index in [1.165, 1.54) is 251 Å². The van der Waals surface area contributed by atoms with Crippen LogP contribution in [0.5, 0.6) is 0 Å². The molecule has 280 valence electrons. The summed E-state index contributed by atoms with van der Waals surface area (Å²) in [6.45, 7) is 9.49. The summed E-state index contributed by atoms with van der Waals surface area (Å²) in [5, 5.41) is 0. The van der Waals surface area contributed by atoms with Crippen molar-refractivity contribution in [1.82, 2.24) is 9.80 Å². The first kappa shape index (κ1) is 44.4. The van der Waals surface area contributed by atoms with Gasteiger partial charge in [0.05, 0.1) is 0 Å². The van der Waals surface area contributed by atoms with E-state index in [4.69, 9.17) is 0 Å². The minimum atomic E-state index is 0.638. The lowest BCUT2D eigenvalue weighted by atomic mass is 10.0. The predicted molar refractivity (Wildman–Crippen MR) is 214 cm³/mol. The molecule has 0 saturated heterocycles. The van der Waals surface area contributed by atoms with E-state index in [0.29, 0.717) is 6.17 Å². The summed E-state index contributed by atoms with van der Waals surface area (Å²) < 4.78 is 0. The Kier molecular flexibility index (Phi) is 34.6. The molecule has 0 bridgehead atoms. The van der Waals surface area contributed by atoms with Gasteiger partial charge in [-0.1, -0.05) is 233 Å². The van der Waals surface area contributed by atoms with Gasteiger partial charge in [-0.3, -0.25) is 0 Å². The van der Waals surface area contributed by atoms with Crippen molar-refractivity contribution in [2.24, 2.45) is 0 Å². The van der Waals surface area contributed by atoms with E-state index < -0.39 is 0 Å². The second-order valence-electron chi connectivity index (χ2n) is 15.7. The maximum Gasteiger partial charge on any atom is 0.101 e. The van der Waals surface area contributed by atoms with Gasteiger partial charge in [0, 0.05) is 25.5 Å². The monoisotopic (exact) mass is 659 g/mol. The van der Waals surface area contributed by atoms with Gasteiger partial charge in [0.25, 0.3) is 0 Å². The molecular formula is C45H90N2. The molecule has 0 aromatic carbocycles. The van der Waals surface area contributed by atoms with Crippen molar-refractivity contribution >= 4 is 0 Å². The van der Waals surface area contributed by atoms with Crippen molar-refractivity contribution in [2.75, 3.05) is 13.1 Å². The minimum absolute atomic E-state index is 0.638. The zero-order valence-electron chi connectivity index (χ0n) is 33.2. The molecule has 2 nitrogen and oxygen atoms in total. The van der Waals surface area contributed by atoms with Crippen LogP contribution in [0.2, 0.25) is 0 Å². The zero-order chi connectivity index (χ0) is 33.7. The van der Waals surface area contributed by atoms with E-state index in [0.717, 1.165) is 0 Å². The summed E-state index contributed by atoms with van der Waals surface area (Å²) >= 11 is 0. The average Bonchev–Trinajstić information content (AvgIpc) is 3.47. The van der Waals surface area contributed by atoms with Crippen LogP contribution < -0.4 is 0 Å². The van der Waals surface area contributed by atoms with Gasteiger partial charge in [0.15, 0.2) is 0 Å². The number of rotatable bonds is 39. The van der Waals surface area contributed by atoms with Crippen molar-refractivity contribution in [3.63, 3.8) is 0 Å². The van der Waals surface area contributed by atoms with Crippen LogP contribution in [-0.4, -0.2) is 29.1 Å². The van der Waals surface area contributed by atoms with Crippen molar-refractivity contribution in [2.45, 2.75) is 265 Å². The zero-order valence-corrected chi connectivity index (χ0v) is 33.2. The molecule has 0 N–H and O–H groups in total. The second kappa shape index (κ2) is 36.6. The van der Waals surface area contributed by atoms with Crippen LogP contribution in [0.25, 0.3) is 0 Å². The molecule has 0 aliphatic carbocycles. The van der Waals surface area contributed by atoms with E-state index in [1.54, 1.807) is 0 Å². The Bertz CT molecular complexity index is 615. The van der Waals surface area contributed by atoms with Gasteiger partial charge in [-0.15, -0.1) is 0 Å². The lowest BCUT2D eigenvalue weighted by Gasteiger charge is -2.33. The predicted octanol–water partition coefficient (Wildman–Crippen LogP) is 15.9. The summed E-state index contributed by atoms with van der Waals surface area (Å²) in [7, 11) is 0. The number of unbranched alkanes of at least 4 members (excludes halogenated alkanes) is 33. The van der Waals surface area contributed by atoms with Crippen LogP contribution in [0.1, 0.15) is 258 Å². The van der Waals surface area contributed by atoms with E-state index in [-0.39, 0.29) is 0 Å². The second-order valence-corrected chi connectivity index (χ2v) is 15.7. The highest BCUT2D eigenvalue weighted by molar-refractivity contribution is 4.97.